The van der Waals surface area contributed by atoms with E-state index in [1.165, 1.54) is 14.2 Å². The van der Waals surface area contributed by atoms with Crippen LogP contribution in [0.2, 0.25) is 0 Å². The van der Waals surface area contributed by atoms with Crippen LogP contribution in [-0.4, -0.2) is 31.2 Å². The highest BCUT2D eigenvalue weighted by molar-refractivity contribution is 9.11. The van der Waals surface area contributed by atoms with Gasteiger partial charge in [0.1, 0.15) is 5.60 Å². The molecule has 86 valence electrons. The van der Waals surface area contributed by atoms with E-state index in [4.69, 9.17) is 9.47 Å². The maximum Gasteiger partial charge on any atom is 0.185 e. The van der Waals surface area contributed by atoms with Gasteiger partial charge in [-0.2, -0.15) is 0 Å². The van der Waals surface area contributed by atoms with Gasteiger partial charge in [0.2, 0.25) is 0 Å². The Morgan fingerprint density at radius 3 is 2.47 bits per heavy atom. The van der Waals surface area contributed by atoms with Gasteiger partial charge in [-0.25, -0.2) is 0 Å². The summed E-state index contributed by atoms with van der Waals surface area (Å²) in [6.07, 6.45) is -0.103. The van der Waals surface area contributed by atoms with Crippen molar-refractivity contribution in [3.8, 4) is 0 Å². The van der Waals surface area contributed by atoms with Crippen molar-refractivity contribution in [2.45, 2.75) is 25.2 Å². The molecule has 1 N–H and O–H groups in total. The van der Waals surface area contributed by atoms with E-state index < -0.39 is 11.9 Å². The van der Waals surface area contributed by atoms with Crippen LogP contribution in [0, 0.1) is 0 Å². The van der Waals surface area contributed by atoms with Gasteiger partial charge in [0.25, 0.3) is 0 Å². The molecule has 0 aliphatic heterocycles. The van der Waals surface area contributed by atoms with Crippen molar-refractivity contribution in [2.24, 2.45) is 0 Å². The number of thiophene rings is 1. The molecule has 0 aliphatic rings. The maximum absolute atomic E-state index is 10.2. The van der Waals surface area contributed by atoms with Crippen molar-refractivity contribution in [2.75, 3.05) is 14.2 Å². The van der Waals surface area contributed by atoms with Crippen LogP contribution in [0.15, 0.2) is 15.9 Å². The second-order valence-corrected chi connectivity index (χ2v) is 6.09. The van der Waals surface area contributed by atoms with E-state index in [1.54, 1.807) is 18.3 Å². The standard InChI is InChI=1S/C10H15BrO3S/c1-10(12,9(13-2)14-3)6-7-4-5-8(11)15-7/h4-5,9,12H,6H2,1-3H3. The summed E-state index contributed by atoms with van der Waals surface area (Å²) in [5.41, 5.74) is -1.02. The molecule has 0 aromatic carbocycles. The smallest absolute Gasteiger partial charge is 0.185 e. The Bertz CT molecular complexity index is 307. The van der Waals surface area contributed by atoms with Crippen molar-refractivity contribution in [3.63, 3.8) is 0 Å². The van der Waals surface area contributed by atoms with E-state index in [-0.39, 0.29) is 0 Å². The van der Waals surface area contributed by atoms with E-state index in [0.717, 1.165) is 8.66 Å². The molecule has 0 saturated carbocycles. The van der Waals surface area contributed by atoms with Gasteiger partial charge in [0, 0.05) is 25.5 Å². The van der Waals surface area contributed by atoms with Crippen LogP contribution >= 0.6 is 27.3 Å². The van der Waals surface area contributed by atoms with Crippen LogP contribution in [0.4, 0.5) is 0 Å². The van der Waals surface area contributed by atoms with Crippen molar-refractivity contribution in [1.29, 1.82) is 0 Å². The second kappa shape index (κ2) is 5.41. The number of ether oxygens (including phenoxy) is 2. The number of methoxy groups -OCH3 is 2. The zero-order valence-corrected chi connectivity index (χ0v) is 11.4. The Balaban J connectivity index is 2.70. The summed E-state index contributed by atoms with van der Waals surface area (Å²) in [6, 6.07) is 3.94. The summed E-state index contributed by atoms with van der Waals surface area (Å²) in [7, 11) is 3.04. The summed E-state index contributed by atoms with van der Waals surface area (Å²) in [5.74, 6) is 0. The third kappa shape index (κ3) is 3.53. The molecule has 0 saturated heterocycles. The first-order valence-corrected chi connectivity index (χ1v) is 6.12. The van der Waals surface area contributed by atoms with Crippen molar-refractivity contribution >= 4 is 27.3 Å². The number of halogens is 1. The second-order valence-electron chi connectivity index (χ2n) is 3.54. The van der Waals surface area contributed by atoms with Gasteiger partial charge in [0.15, 0.2) is 6.29 Å². The number of aliphatic hydroxyl groups is 1. The van der Waals surface area contributed by atoms with Gasteiger partial charge < -0.3 is 14.6 Å². The molecule has 1 rings (SSSR count). The molecule has 1 aromatic rings. The SMILES string of the molecule is COC(OC)C(C)(O)Cc1ccc(Br)s1. The minimum Gasteiger partial charge on any atom is -0.384 e. The normalized spacial score (nSPS) is 15.6. The first-order valence-electron chi connectivity index (χ1n) is 4.52. The van der Waals surface area contributed by atoms with Gasteiger partial charge in [-0.3, -0.25) is 0 Å². The predicted octanol–water partition coefficient (Wildman–Crippen LogP) is 2.42. The van der Waals surface area contributed by atoms with Gasteiger partial charge in [-0.05, 0) is 35.0 Å². The monoisotopic (exact) mass is 294 g/mol. The highest BCUT2D eigenvalue weighted by atomic mass is 79.9. The fourth-order valence-electron chi connectivity index (χ4n) is 1.49. The average molecular weight is 295 g/mol. The summed E-state index contributed by atoms with van der Waals surface area (Å²) in [5, 5.41) is 10.2. The Morgan fingerprint density at radius 2 is 2.07 bits per heavy atom. The van der Waals surface area contributed by atoms with Crippen LogP contribution in [-0.2, 0) is 15.9 Å². The molecule has 1 unspecified atom stereocenters. The van der Waals surface area contributed by atoms with E-state index in [1.807, 2.05) is 12.1 Å². The molecule has 1 heterocycles. The van der Waals surface area contributed by atoms with E-state index in [0.29, 0.717) is 6.42 Å². The molecule has 0 bridgehead atoms. The average Bonchev–Trinajstić information content (AvgIpc) is 2.51. The van der Waals surface area contributed by atoms with Gasteiger partial charge in [-0.15, -0.1) is 11.3 Å². The lowest BCUT2D eigenvalue weighted by Crippen LogP contribution is -2.43. The van der Waals surface area contributed by atoms with Crippen molar-refractivity contribution < 1.29 is 14.6 Å². The molecule has 5 heteroatoms. The molecule has 0 amide bonds. The van der Waals surface area contributed by atoms with E-state index in [2.05, 4.69) is 15.9 Å². The number of hydrogen-bond acceptors (Lipinski definition) is 4. The fourth-order valence-corrected chi connectivity index (χ4v) is 3.13. The molecule has 1 aromatic heterocycles. The number of hydrogen-bond donors (Lipinski definition) is 1. The minimum absolute atomic E-state index is 0.510. The zero-order valence-electron chi connectivity index (χ0n) is 8.99. The van der Waals surface area contributed by atoms with Crippen LogP contribution in [0.25, 0.3) is 0 Å². The molecule has 3 nitrogen and oxygen atoms in total. The summed E-state index contributed by atoms with van der Waals surface area (Å²) in [6.45, 7) is 1.71. The highest BCUT2D eigenvalue weighted by Crippen LogP contribution is 2.27. The largest absolute Gasteiger partial charge is 0.384 e. The predicted molar refractivity (Wildman–Crippen MR) is 64.2 cm³/mol. The molecule has 0 radical (unpaired) electrons. The quantitative estimate of drug-likeness (QED) is 0.848. The summed E-state index contributed by atoms with van der Waals surface area (Å²) < 4.78 is 11.2. The van der Waals surface area contributed by atoms with Gasteiger partial charge in [0.05, 0.1) is 3.79 Å². The lowest BCUT2D eigenvalue weighted by atomic mass is 10.0. The van der Waals surface area contributed by atoms with E-state index >= 15 is 0 Å². The molecule has 15 heavy (non-hydrogen) atoms. The van der Waals surface area contributed by atoms with Crippen LogP contribution in [0.5, 0.6) is 0 Å². The van der Waals surface area contributed by atoms with Gasteiger partial charge >= 0.3 is 0 Å². The molecule has 0 aliphatic carbocycles. The molecular formula is C10H15BrO3S. The molecule has 0 fully saturated rings. The Morgan fingerprint density at radius 1 is 1.47 bits per heavy atom. The van der Waals surface area contributed by atoms with E-state index in [9.17, 15) is 5.11 Å². The lowest BCUT2D eigenvalue weighted by molar-refractivity contribution is -0.207. The van der Waals surface area contributed by atoms with Gasteiger partial charge in [-0.1, -0.05) is 0 Å². The Labute approximate surface area is 102 Å². The zero-order chi connectivity index (χ0) is 11.5. The summed E-state index contributed by atoms with van der Waals surface area (Å²) in [4.78, 5) is 1.09. The van der Waals surface area contributed by atoms with Crippen LogP contribution in [0.3, 0.4) is 0 Å². The lowest BCUT2D eigenvalue weighted by Gasteiger charge is -2.30. The molecule has 0 spiro atoms. The third-order valence-corrected chi connectivity index (χ3v) is 3.72. The maximum atomic E-state index is 10.2. The number of rotatable bonds is 5. The first kappa shape index (κ1) is 13.1. The molecule has 1 atom stereocenters. The fraction of sp³-hybridized carbons (Fsp3) is 0.600. The van der Waals surface area contributed by atoms with Crippen LogP contribution in [0.1, 0.15) is 11.8 Å². The summed E-state index contributed by atoms with van der Waals surface area (Å²) >= 11 is 4.98. The van der Waals surface area contributed by atoms with Crippen molar-refractivity contribution in [3.05, 3.63) is 20.8 Å². The minimum atomic E-state index is -1.02. The van der Waals surface area contributed by atoms with Crippen molar-refractivity contribution in [1.82, 2.24) is 0 Å². The highest BCUT2D eigenvalue weighted by Gasteiger charge is 2.32. The van der Waals surface area contributed by atoms with Crippen LogP contribution < -0.4 is 0 Å². The third-order valence-electron chi connectivity index (χ3n) is 2.10. The molecular weight excluding hydrogens is 280 g/mol. The Hall–Kier alpha value is 0.0600. The Kier molecular flexibility index (Phi) is 4.73. The topological polar surface area (TPSA) is 38.7 Å². The first-order chi connectivity index (χ1) is 6.99.